The van der Waals surface area contributed by atoms with Gasteiger partial charge in [0.25, 0.3) is 5.91 Å². The van der Waals surface area contributed by atoms with E-state index in [-0.39, 0.29) is 25.0 Å². The van der Waals surface area contributed by atoms with Gasteiger partial charge in [-0.25, -0.2) is 4.98 Å². The minimum atomic E-state index is -0.684. The van der Waals surface area contributed by atoms with Crippen molar-refractivity contribution in [2.45, 2.75) is 31.8 Å². The van der Waals surface area contributed by atoms with Crippen LogP contribution < -0.4 is 4.74 Å². The number of ether oxygens (including phenoxy) is 1. The van der Waals surface area contributed by atoms with Crippen LogP contribution in [-0.4, -0.2) is 58.9 Å². The molecule has 0 saturated carbocycles. The number of aromatic nitrogens is 1. The molecule has 120 valence electrons. The second-order valence-corrected chi connectivity index (χ2v) is 6.05. The topological polar surface area (TPSA) is 82.9 Å². The molecule has 6 nitrogen and oxygen atoms in total. The predicted octanol–water partition coefficient (Wildman–Crippen LogP) is 0.394. The number of aliphatic hydroxyl groups excluding tert-OH is 2. The van der Waals surface area contributed by atoms with Crippen molar-refractivity contribution in [3.8, 4) is 5.88 Å². The molecule has 1 fully saturated rings. The van der Waals surface area contributed by atoms with E-state index in [1.807, 2.05) is 6.07 Å². The van der Waals surface area contributed by atoms with Crippen molar-refractivity contribution in [1.29, 1.82) is 0 Å². The third kappa shape index (κ3) is 2.68. The standard InChI is InChI=1S/C16H22N2O4/c1-22-15-12(7-10-3-2-4-13(10)17-15)16(21)18-6-5-11(9-19)14(20)8-18/h7,11,14,19-20H,2-6,8-9H2,1H3/t11-,14+/m1/s1. The Morgan fingerprint density at radius 2 is 2.32 bits per heavy atom. The Bertz CT molecular complexity index is 576. The highest BCUT2D eigenvalue weighted by Crippen LogP contribution is 2.28. The second kappa shape index (κ2) is 6.22. The second-order valence-electron chi connectivity index (χ2n) is 6.05. The molecule has 1 aromatic rings. The number of carbonyl (C=O) groups excluding carboxylic acids is 1. The van der Waals surface area contributed by atoms with Crippen LogP contribution in [0.2, 0.25) is 0 Å². The van der Waals surface area contributed by atoms with Crippen molar-refractivity contribution < 1.29 is 19.7 Å². The Hall–Kier alpha value is -1.66. The summed E-state index contributed by atoms with van der Waals surface area (Å²) >= 11 is 0. The molecule has 0 spiro atoms. The number of β-amino-alcohol motifs (C(OH)–C–C–N with tert-alkyl or cyclic N) is 1. The van der Waals surface area contributed by atoms with Crippen LogP contribution >= 0.6 is 0 Å². The molecule has 0 unspecified atom stereocenters. The summed E-state index contributed by atoms with van der Waals surface area (Å²) in [6, 6.07) is 1.89. The number of amides is 1. The molecule has 22 heavy (non-hydrogen) atoms. The van der Waals surface area contributed by atoms with Gasteiger partial charge in [-0.3, -0.25) is 4.79 Å². The Morgan fingerprint density at radius 1 is 1.50 bits per heavy atom. The number of fused-ring (bicyclic) bond motifs is 1. The molecule has 1 saturated heterocycles. The number of hydrogen-bond acceptors (Lipinski definition) is 5. The van der Waals surface area contributed by atoms with Gasteiger partial charge < -0.3 is 19.8 Å². The lowest BCUT2D eigenvalue weighted by molar-refractivity contribution is 0.000733. The first-order valence-electron chi connectivity index (χ1n) is 7.79. The molecule has 2 aliphatic rings. The van der Waals surface area contributed by atoms with Crippen molar-refractivity contribution in [3.05, 3.63) is 22.9 Å². The fraction of sp³-hybridized carbons (Fsp3) is 0.625. The van der Waals surface area contributed by atoms with Crippen LogP contribution in [0.1, 0.15) is 34.5 Å². The smallest absolute Gasteiger partial charge is 0.259 e. The monoisotopic (exact) mass is 306 g/mol. The third-order valence-electron chi connectivity index (χ3n) is 4.68. The van der Waals surface area contributed by atoms with E-state index in [0.717, 1.165) is 30.5 Å². The van der Waals surface area contributed by atoms with Gasteiger partial charge in [0.1, 0.15) is 5.56 Å². The normalized spacial score (nSPS) is 24.2. The summed E-state index contributed by atoms with van der Waals surface area (Å²) in [7, 11) is 1.52. The van der Waals surface area contributed by atoms with E-state index in [0.29, 0.717) is 24.4 Å². The quantitative estimate of drug-likeness (QED) is 0.844. The van der Waals surface area contributed by atoms with Crippen molar-refractivity contribution >= 4 is 5.91 Å². The van der Waals surface area contributed by atoms with Gasteiger partial charge in [-0.05, 0) is 37.3 Å². The maximum Gasteiger partial charge on any atom is 0.259 e. The number of rotatable bonds is 3. The first-order valence-corrected chi connectivity index (χ1v) is 7.79. The zero-order valence-corrected chi connectivity index (χ0v) is 12.8. The molecule has 0 bridgehead atoms. The fourth-order valence-corrected chi connectivity index (χ4v) is 3.31. The van der Waals surface area contributed by atoms with Crippen LogP contribution in [0, 0.1) is 5.92 Å². The van der Waals surface area contributed by atoms with E-state index < -0.39 is 6.10 Å². The van der Waals surface area contributed by atoms with E-state index in [1.54, 1.807) is 4.90 Å². The highest BCUT2D eigenvalue weighted by Gasteiger charge is 2.32. The van der Waals surface area contributed by atoms with Crippen LogP contribution in [0.15, 0.2) is 6.07 Å². The van der Waals surface area contributed by atoms with E-state index >= 15 is 0 Å². The Morgan fingerprint density at radius 3 is 3.00 bits per heavy atom. The summed E-state index contributed by atoms with van der Waals surface area (Å²) in [5.74, 6) is 0.0583. The first-order chi connectivity index (χ1) is 10.6. The molecule has 1 aromatic heterocycles. The number of aliphatic hydroxyl groups is 2. The number of piperidine rings is 1. The Balaban J connectivity index is 1.83. The van der Waals surface area contributed by atoms with E-state index in [4.69, 9.17) is 4.74 Å². The first kappa shape index (κ1) is 15.2. The van der Waals surface area contributed by atoms with E-state index in [2.05, 4.69) is 4.98 Å². The summed E-state index contributed by atoms with van der Waals surface area (Å²) in [5, 5.41) is 19.2. The zero-order valence-electron chi connectivity index (χ0n) is 12.8. The summed E-state index contributed by atoms with van der Waals surface area (Å²) in [4.78, 5) is 18.8. The Labute approximate surface area is 129 Å². The molecule has 2 N–H and O–H groups in total. The number of carbonyl (C=O) groups is 1. The lowest BCUT2D eigenvalue weighted by atomic mass is 9.94. The Kier molecular flexibility index (Phi) is 4.31. The minimum Gasteiger partial charge on any atom is -0.480 e. The zero-order chi connectivity index (χ0) is 15.7. The number of methoxy groups -OCH3 is 1. The molecule has 6 heteroatoms. The maximum atomic E-state index is 12.8. The molecule has 2 atom stereocenters. The van der Waals surface area contributed by atoms with Gasteiger partial charge in [-0.1, -0.05) is 0 Å². The number of aryl methyl sites for hydroxylation is 2. The van der Waals surface area contributed by atoms with E-state index in [9.17, 15) is 15.0 Å². The van der Waals surface area contributed by atoms with Gasteiger partial charge in [0, 0.05) is 31.3 Å². The molecule has 0 radical (unpaired) electrons. The van der Waals surface area contributed by atoms with Crippen LogP contribution in [-0.2, 0) is 12.8 Å². The van der Waals surface area contributed by atoms with Crippen LogP contribution in [0.3, 0.4) is 0 Å². The van der Waals surface area contributed by atoms with Gasteiger partial charge in [-0.2, -0.15) is 0 Å². The molecule has 0 aromatic carbocycles. The summed E-state index contributed by atoms with van der Waals surface area (Å²) in [5.41, 5.74) is 2.61. The summed E-state index contributed by atoms with van der Waals surface area (Å²) in [6.45, 7) is 0.721. The van der Waals surface area contributed by atoms with Crippen molar-refractivity contribution in [2.24, 2.45) is 5.92 Å². The minimum absolute atomic E-state index is 0.0487. The average Bonchev–Trinajstić information content (AvgIpc) is 3.00. The van der Waals surface area contributed by atoms with Crippen molar-refractivity contribution in [1.82, 2.24) is 9.88 Å². The molecule has 1 aliphatic carbocycles. The molecule has 1 aliphatic heterocycles. The van der Waals surface area contributed by atoms with E-state index in [1.165, 1.54) is 7.11 Å². The van der Waals surface area contributed by atoms with Gasteiger partial charge >= 0.3 is 0 Å². The van der Waals surface area contributed by atoms with Gasteiger partial charge in [-0.15, -0.1) is 0 Å². The van der Waals surface area contributed by atoms with Crippen molar-refractivity contribution in [3.63, 3.8) is 0 Å². The lowest BCUT2D eigenvalue weighted by Crippen LogP contribution is -2.47. The lowest BCUT2D eigenvalue weighted by Gasteiger charge is -2.35. The summed E-state index contributed by atoms with van der Waals surface area (Å²) < 4.78 is 5.29. The molecular formula is C16H22N2O4. The van der Waals surface area contributed by atoms with Gasteiger partial charge in [0.05, 0.1) is 13.2 Å². The fourth-order valence-electron chi connectivity index (χ4n) is 3.31. The number of pyridine rings is 1. The average molecular weight is 306 g/mol. The predicted molar refractivity (Wildman–Crippen MR) is 79.9 cm³/mol. The van der Waals surface area contributed by atoms with Crippen LogP contribution in [0.5, 0.6) is 5.88 Å². The highest BCUT2D eigenvalue weighted by molar-refractivity contribution is 5.96. The van der Waals surface area contributed by atoms with Gasteiger partial charge in [0.2, 0.25) is 5.88 Å². The highest BCUT2D eigenvalue weighted by atomic mass is 16.5. The number of likely N-dealkylation sites (tertiary alicyclic amines) is 1. The molecule has 2 heterocycles. The third-order valence-corrected chi connectivity index (χ3v) is 4.68. The molecule has 3 rings (SSSR count). The molecule has 1 amide bonds. The largest absolute Gasteiger partial charge is 0.480 e. The van der Waals surface area contributed by atoms with Gasteiger partial charge in [0.15, 0.2) is 0 Å². The maximum absolute atomic E-state index is 12.8. The van der Waals surface area contributed by atoms with Crippen LogP contribution in [0.4, 0.5) is 0 Å². The number of hydrogen-bond donors (Lipinski definition) is 2. The summed E-state index contributed by atoms with van der Waals surface area (Å²) in [6.07, 6.45) is 2.85. The SMILES string of the molecule is COc1nc2c(cc1C(=O)N1CC[C@H](CO)[C@@H](O)C1)CCC2. The number of nitrogens with zero attached hydrogens (tertiary/aromatic N) is 2. The molecular weight excluding hydrogens is 284 g/mol. The van der Waals surface area contributed by atoms with Crippen molar-refractivity contribution in [2.75, 3.05) is 26.8 Å². The van der Waals surface area contributed by atoms with Crippen LogP contribution in [0.25, 0.3) is 0 Å².